The van der Waals surface area contributed by atoms with Crippen molar-refractivity contribution >= 4 is 11.9 Å². The highest BCUT2D eigenvalue weighted by atomic mass is 16.2. The topological polar surface area (TPSA) is 75.4 Å². The maximum atomic E-state index is 12.6. The lowest BCUT2D eigenvalue weighted by Crippen LogP contribution is -2.56. The van der Waals surface area contributed by atoms with Gasteiger partial charge in [-0.1, -0.05) is 0 Å². The van der Waals surface area contributed by atoms with E-state index in [2.05, 4.69) is 4.98 Å². The molecular weight excluding hydrogens is 290 g/mol. The van der Waals surface area contributed by atoms with E-state index in [9.17, 15) is 4.79 Å². The van der Waals surface area contributed by atoms with Gasteiger partial charge in [0.15, 0.2) is 0 Å². The summed E-state index contributed by atoms with van der Waals surface area (Å²) in [5.74, 6) is 0.777. The van der Waals surface area contributed by atoms with Crippen LogP contribution < -0.4 is 10.6 Å². The number of anilines is 1. The molecule has 0 saturated carbocycles. The van der Waals surface area contributed by atoms with Crippen molar-refractivity contribution in [3.63, 3.8) is 0 Å². The molecule has 1 atom stereocenters. The van der Waals surface area contributed by atoms with Crippen molar-refractivity contribution in [2.45, 2.75) is 50.5 Å². The summed E-state index contributed by atoms with van der Waals surface area (Å²) in [6, 6.07) is 0. The average Bonchev–Trinajstić information content (AvgIpc) is 2.83. The molecule has 1 amide bonds. The number of hydrogen-bond acceptors (Lipinski definition) is 5. The van der Waals surface area contributed by atoms with Crippen LogP contribution in [0.25, 0.3) is 0 Å². The van der Waals surface area contributed by atoms with Gasteiger partial charge in [0.05, 0.1) is 11.2 Å². The van der Waals surface area contributed by atoms with Gasteiger partial charge in [0, 0.05) is 38.8 Å². The van der Waals surface area contributed by atoms with E-state index in [0.29, 0.717) is 0 Å². The minimum absolute atomic E-state index is 0.0256. The Morgan fingerprint density at radius 2 is 2.13 bits per heavy atom. The predicted molar refractivity (Wildman–Crippen MR) is 90.4 cm³/mol. The van der Waals surface area contributed by atoms with Crippen molar-refractivity contribution in [2.75, 3.05) is 32.1 Å². The highest BCUT2D eigenvalue weighted by molar-refractivity contribution is 5.85. The molecule has 126 valence electrons. The van der Waals surface area contributed by atoms with Gasteiger partial charge in [-0.15, -0.1) is 0 Å². The number of aromatic nitrogens is 2. The van der Waals surface area contributed by atoms with Crippen LogP contribution in [0.5, 0.6) is 0 Å². The number of hydrogen-bond donors (Lipinski definition) is 1. The number of carbonyl (C=O) groups is 1. The number of likely N-dealkylation sites (tertiary alicyclic amines) is 1. The third-order valence-corrected chi connectivity index (χ3v) is 5.04. The molecule has 6 heteroatoms. The second kappa shape index (κ2) is 5.44. The summed E-state index contributed by atoms with van der Waals surface area (Å²) in [6.45, 7) is 5.09. The molecule has 1 aliphatic carbocycles. The largest absolute Gasteiger partial charge is 0.347 e. The Labute approximate surface area is 138 Å². The molecular formula is C17H27N5O. The van der Waals surface area contributed by atoms with Crippen molar-refractivity contribution in [3.8, 4) is 0 Å². The zero-order valence-electron chi connectivity index (χ0n) is 14.6. The zero-order valence-corrected chi connectivity index (χ0v) is 14.6. The van der Waals surface area contributed by atoms with Crippen molar-refractivity contribution < 1.29 is 4.79 Å². The highest BCUT2D eigenvalue weighted by Crippen LogP contribution is 2.44. The fourth-order valence-electron chi connectivity index (χ4n) is 3.86. The Bertz CT molecular complexity index is 618. The molecule has 23 heavy (non-hydrogen) atoms. The first kappa shape index (κ1) is 16.2. The van der Waals surface area contributed by atoms with E-state index >= 15 is 0 Å². The number of fused-ring (bicyclic) bond motifs is 2. The van der Waals surface area contributed by atoms with Gasteiger partial charge in [-0.05, 0) is 45.1 Å². The third kappa shape index (κ3) is 2.80. The fourth-order valence-corrected chi connectivity index (χ4v) is 3.86. The van der Waals surface area contributed by atoms with Crippen LogP contribution in [0.3, 0.4) is 0 Å². The predicted octanol–water partition coefficient (Wildman–Crippen LogP) is 1.09. The van der Waals surface area contributed by atoms with Crippen LogP contribution in [0.15, 0.2) is 6.20 Å². The van der Waals surface area contributed by atoms with Gasteiger partial charge in [0.25, 0.3) is 0 Å². The molecule has 0 radical (unpaired) electrons. The standard InChI is InChI=1S/C17H27N5O/c1-16(2,18)14(23)22-9-5-7-17(11-22)8-6-12-10-19-15(21(3)4)20-13(12)17/h10H,5-9,11,18H2,1-4H3. The summed E-state index contributed by atoms with van der Waals surface area (Å²) in [5.41, 5.74) is 7.56. The molecule has 1 saturated heterocycles. The number of amides is 1. The molecule has 1 spiro atoms. The monoisotopic (exact) mass is 317 g/mol. The fraction of sp³-hybridized carbons (Fsp3) is 0.706. The number of nitrogens with two attached hydrogens (primary N) is 1. The number of nitrogens with zero attached hydrogens (tertiary/aromatic N) is 4. The van der Waals surface area contributed by atoms with Crippen LogP contribution in [0.2, 0.25) is 0 Å². The Hall–Kier alpha value is -1.69. The van der Waals surface area contributed by atoms with E-state index in [-0.39, 0.29) is 11.3 Å². The number of carbonyl (C=O) groups excluding carboxylic acids is 1. The summed E-state index contributed by atoms with van der Waals surface area (Å²) in [7, 11) is 3.91. The Morgan fingerprint density at radius 3 is 2.78 bits per heavy atom. The molecule has 3 rings (SSSR count). The first-order chi connectivity index (χ1) is 10.7. The van der Waals surface area contributed by atoms with Crippen LogP contribution >= 0.6 is 0 Å². The number of aryl methyl sites for hydroxylation is 1. The lowest BCUT2D eigenvalue weighted by molar-refractivity contribution is -0.138. The second-order valence-corrected chi connectivity index (χ2v) is 7.77. The third-order valence-electron chi connectivity index (χ3n) is 5.04. The van der Waals surface area contributed by atoms with Crippen LogP contribution in [0, 0.1) is 0 Å². The van der Waals surface area contributed by atoms with Gasteiger partial charge in [-0.2, -0.15) is 0 Å². The minimum atomic E-state index is -0.819. The van der Waals surface area contributed by atoms with E-state index in [1.807, 2.05) is 30.1 Å². The van der Waals surface area contributed by atoms with Gasteiger partial charge < -0.3 is 15.5 Å². The van der Waals surface area contributed by atoms with Gasteiger partial charge in [0.1, 0.15) is 0 Å². The van der Waals surface area contributed by atoms with E-state index in [0.717, 1.165) is 50.4 Å². The van der Waals surface area contributed by atoms with E-state index in [1.54, 1.807) is 13.8 Å². The van der Waals surface area contributed by atoms with Crippen molar-refractivity contribution in [2.24, 2.45) is 5.73 Å². The van der Waals surface area contributed by atoms with Crippen LogP contribution in [-0.2, 0) is 16.6 Å². The molecule has 1 aliphatic heterocycles. The van der Waals surface area contributed by atoms with Crippen molar-refractivity contribution in [1.29, 1.82) is 0 Å². The zero-order chi connectivity index (χ0) is 16.8. The average molecular weight is 317 g/mol. The molecule has 0 aromatic carbocycles. The van der Waals surface area contributed by atoms with Gasteiger partial charge >= 0.3 is 0 Å². The first-order valence-electron chi connectivity index (χ1n) is 8.35. The molecule has 0 bridgehead atoms. The summed E-state index contributed by atoms with van der Waals surface area (Å²) in [4.78, 5) is 25.7. The first-order valence-corrected chi connectivity index (χ1v) is 8.35. The van der Waals surface area contributed by atoms with Gasteiger partial charge in [0.2, 0.25) is 11.9 Å². The molecule has 6 nitrogen and oxygen atoms in total. The van der Waals surface area contributed by atoms with Crippen LogP contribution in [0.1, 0.15) is 44.4 Å². The Balaban J connectivity index is 1.93. The normalized spacial score (nSPS) is 24.0. The number of piperidine rings is 1. The second-order valence-electron chi connectivity index (χ2n) is 7.77. The smallest absolute Gasteiger partial charge is 0.242 e. The SMILES string of the molecule is CN(C)c1ncc2c(n1)C1(CCCN(C(=O)C(C)(C)N)C1)CC2. The molecule has 1 aromatic rings. The summed E-state index contributed by atoms with van der Waals surface area (Å²) in [6.07, 6.45) is 6.08. The molecule has 1 unspecified atom stereocenters. The Morgan fingerprint density at radius 1 is 1.39 bits per heavy atom. The summed E-state index contributed by atoms with van der Waals surface area (Å²) in [5, 5.41) is 0. The van der Waals surface area contributed by atoms with E-state index in [1.165, 1.54) is 5.56 Å². The molecule has 2 aliphatic rings. The molecule has 2 N–H and O–H groups in total. The lowest BCUT2D eigenvalue weighted by atomic mass is 9.77. The number of rotatable bonds is 2. The van der Waals surface area contributed by atoms with Crippen molar-refractivity contribution in [1.82, 2.24) is 14.9 Å². The Kier molecular flexibility index (Phi) is 3.83. The molecule has 1 fully saturated rings. The van der Waals surface area contributed by atoms with Crippen LogP contribution in [-0.4, -0.2) is 53.5 Å². The van der Waals surface area contributed by atoms with E-state index < -0.39 is 5.54 Å². The maximum absolute atomic E-state index is 12.6. The van der Waals surface area contributed by atoms with Gasteiger partial charge in [-0.3, -0.25) is 4.79 Å². The summed E-state index contributed by atoms with van der Waals surface area (Å²) >= 11 is 0. The lowest BCUT2D eigenvalue weighted by Gasteiger charge is -2.42. The summed E-state index contributed by atoms with van der Waals surface area (Å²) < 4.78 is 0. The quantitative estimate of drug-likeness (QED) is 0.883. The molecule has 1 aromatic heterocycles. The van der Waals surface area contributed by atoms with Gasteiger partial charge in [-0.25, -0.2) is 9.97 Å². The van der Waals surface area contributed by atoms with Crippen LogP contribution in [0.4, 0.5) is 5.95 Å². The molecule has 2 heterocycles. The highest BCUT2D eigenvalue weighted by Gasteiger charge is 2.46. The maximum Gasteiger partial charge on any atom is 0.242 e. The van der Waals surface area contributed by atoms with Crippen molar-refractivity contribution in [3.05, 3.63) is 17.5 Å². The van der Waals surface area contributed by atoms with E-state index in [4.69, 9.17) is 10.7 Å². The minimum Gasteiger partial charge on any atom is -0.347 e.